The summed E-state index contributed by atoms with van der Waals surface area (Å²) in [5, 5.41) is 0.362. The van der Waals surface area contributed by atoms with E-state index >= 15 is 0 Å². The van der Waals surface area contributed by atoms with Crippen molar-refractivity contribution in [2.24, 2.45) is 0 Å². The van der Waals surface area contributed by atoms with Gasteiger partial charge in [-0.15, -0.1) is 11.3 Å². The van der Waals surface area contributed by atoms with Crippen LogP contribution in [0.1, 0.15) is 11.8 Å². The second-order valence-electron chi connectivity index (χ2n) is 3.42. The van der Waals surface area contributed by atoms with E-state index < -0.39 is 10.0 Å². The zero-order valence-electron chi connectivity index (χ0n) is 9.41. The van der Waals surface area contributed by atoms with Gasteiger partial charge in [-0.05, 0) is 13.8 Å². The van der Waals surface area contributed by atoms with E-state index in [0.29, 0.717) is 11.7 Å². The second-order valence-corrected chi connectivity index (χ2v) is 6.29. The zero-order chi connectivity index (χ0) is 12.5. The Labute approximate surface area is 103 Å². The molecule has 2 aromatic heterocycles. The topological polar surface area (TPSA) is 76.9 Å². The minimum absolute atomic E-state index is 0.00667. The van der Waals surface area contributed by atoms with Gasteiger partial charge in [0.2, 0.25) is 0 Å². The van der Waals surface area contributed by atoms with Crippen LogP contribution in [0.5, 0.6) is 0 Å². The first-order chi connectivity index (χ1) is 8.01. The molecule has 0 aliphatic carbocycles. The minimum atomic E-state index is -3.62. The number of aryl methyl sites for hydroxylation is 2. The summed E-state index contributed by atoms with van der Waals surface area (Å²) in [6, 6.07) is 0. The largest absolute Gasteiger partial charge is 0.336 e. The SMILES string of the molecule is CCn1cnc(S(=O)(=O)Nc2ncc(C)s2)c1. The summed E-state index contributed by atoms with van der Waals surface area (Å²) in [7, 11) is -3.62. The molecule has 0 bridgehead atoms. The normalized spacial score (nSPS) is 11.6. The summed E-state index contributed by atoms with van der Waals surface area (Å²) in [5.74, 6) is 0. The molecule has 0 saturated heterocycles. The van der Waals surface area contributed by atoms with Crippen molar-refractivity contribution < 1.29 is 8.42 Å². The minimum Gasteiger partial charge on any atom is -0.336 e. The van der Waals surface area contributed by atoms with E-state index in [2.05, 4.69) is 14.7 Å². The van der Waals surface area contributed by atoms with Crippen molar-refractivity contribution in [2.45, 2.75) is 25.4 Å². The van der Waals surface area contributed by atoms with E-state index in [1.165, 1.54) is 23.9 Å². The van der Waals surface area contributed by atoms with Crippen LogP contribution >= 0.6 is 11.3 Å². The maximum Gasteiger partial charge on any atom is 0.282 e. The molecule has 0 aromatic carbocycles. The molecule has 17 heavy (non-hydrogen) atoms. The van der Waals surface area contributed by atoms with Crippen molar-refractivity contribution in [1.29, 1.82) is 0 Å². The lowest BCUT2D eigenvalue weighted by atomic mass is 10.7. The fourth-order valence-electron chi connectivity index (χ4n) is 1.22. The van der Waals surface area contributed by atoms with Crippen LogP contribution in [0.3, 0.4) is 0 Å². The Kier molecular flexibility index (Phi) is 3.16. The average Bonchev–Trinajstić information content (AvgIpc) is 2.86. The Hall–Kier alpha value is -1.41. The molecular formula is C9H12N4O2S2. The van der Waals surface area contributed by atoms with Crippen LogP contribution in [0.2, 0.25) is 0 Å². The molecular weight excluding hydrogens is 260 g/mol. The number of nitrogens with one attached hydrogen (secondary N) is 1. The van der Waals surface area contributed by atoms with Crippen molar-refractivity contribution in [3.05, 3.63) is 23.6 Å². The highest BCUT2D eigenvalue weighted by molar-refractivity contribution is 7.92. The van der Waals surface area contributed by atoms with E-state index in [4.69, 9.17) is 0 Å². The van der Waals surface area contributed by atoms with Gasteiger partial charge in [0, 0.05) is 23.8 Å². The van der Waals surface area contributed by atoms with Crippen molar-refractivity contribution >= 4 is 26.5 Å². The van der Waals surface area contributed by atoms with Gasteiger partial charge in [-0.3, -0.25) is 4.72 Å². The van der Waals surface area contributed by atoms with Crippen molar-refractivity contribution in [3.63, 3.8) is 0 Å². The smallest absolute Gasteiger partial charge is 0.282 e. The number of hydrogen-bond acceptors (Lipinski definition) is 5. The molecule has 2 rings (SSSR count). The summed E-state index contributed by atoms with van der Waals surface area (Å²) < 4.78 is 27.9. The summed E-state index contributed by atoms with van der Waals surface area (Å²) in [4.78, 5) is 8.74. The molecule has 0 unspecified atom stereocenters. The molecule has 0 saturated carbocycles. The maximum absolute atomic E-state index is 11.9. The summed E-state index contributed by atoms with van der Waals surface area (Å²) in [6.07, 6.45) is 4.59. The highest BCUT2D eigenvalue weighted by Crippen LogP contribution is 2.20. The summed E-state index contributed by atoms with van der Waals surface area (Å²) >= 11 is 1.29. The van der Waals surface area contributed by atoms with Crippen LogP contribution in [0, 0.1) is 6.92 Å². The molecule has 1 N–H and O–H groups in total. The average molecular weight is 272 g/mol. The third kappa shape index (κ3) is 2.64. The van der Waals surface area contributed by atoms with Crippen LogP contribution < -0.4 is 4.72 Å². The predicted molar refractivity (Wildman–Crippen MR) is 65.6 cm³/mol. The van der Waals surface area contributed by atoms with Gasteiger partial charge in [0.05, 0.1) is 6.33 Å². The number of hydrogen-bond donors (Lipinski definition) is 1. The second kappa shape index (κ2) is 4.46. The van der Waals surface area contributed by atoms with Gasteiger partial charge in [0.15, 0.2) is 10.2 Å². The number of anilines is 1. The molecule has 0 atom stereocenters. The number of thiazole rings is 1. The number of nitrogens with zero attached hydrogens (tertiary/aromatic N) is 3. The summed E-state index contributed by atoms with van der Waals surface area (Å²) in [5.41, 5.74) is 0. The molecule has 0 amide bonds. The van der Waals surface area contributed by atoms with Crippen LogP contribution in [0.4, 0.5) is 5.13 Å². The summed E-state index contributed by atoms with van der Waals surface area (Å²) in [6.45, 7) is 4.45. The first-order valence-corrected chi connectivity index (χ1v) is 7.28. The molecule has 8 heteroatoms. The van der Waals surface area contributed by atoms with E-state index in [0.717, 1.165) is 4.88 Å². The van der Waals surface area contributed by atoms with Gasteiger partial charge in [-0.25, -0.2) is 9.97 Å². The Morgan fingerprint density at radius 2 is 2.24 bits per heavy atom. The lowest BCUT2D eigenvalue weighted by Gasteiger charge is -2.00. The molecule has 92 valence electrons. The van der Waals surface area contributed by atoms with E-state index in [9.17, 15) is 8.42 Å². The lowest BCUT2D eigenvalue weighted by molar-refractivity contribution is 0.598. The van der Waals surface area contributed by atoms with E-state index in [-0.39, 0.29) is 5.03 Å². The van der Waals surface area contributed by atoms with Crippen LogP contribution in [-0.4, -0.2) is 23.0 Å². The molecule has 2 aromatic rings. The zero-order valence-corrected chi connectivity index (χ0v) is 11.0. The number of rotatable bonds is 4. The van der Waals surface area contributed by atoms with Gasteiger partial charge >= 0.3 is 0 Å². The number of sulfonamides is 1. The van der Waals surface area contributed by atoms with Crippen molar-refractivity contribution in [1.82, 2.24) is 14.5 Å². The van der Waals surface area contributed by atoms with Crippen molar-refractivity contribution in [2.75, 3.05) is 4.72 Å². The van der Waals surface area contributed by atoms with E-state index in [1.54, 1.807) is 10.8 Å². The Morgan fingerprint density at radius 1 is 1.47 bits per heavy atom. The van der Waals surface area contributed by atoms with Gasteiger partial charge in [-0.1, -0.05) is 0 Å². The molecule has 0 fully saturated rings. The Morgan fingerprint density at radius 3 is 2.76 bits per heavy atom. The molecule has 0 aliphatic rings. The fraction of sp³-hybridized carbons (Fsp3) is 0.333. The van der Waals surface area contributed by atoms with Crippen LogP contribution in [0.25, 0.3) is 0 Å². The Balaban J connectivity index is 2.24. The molecule has 0 aliphatic heterocycles. The van der Waals surface area contributed by atoms with Gasteiger partial charge in [0.1, 0.15) is 0 Å². The standard InChI is InChI=1S/C9H12N4O2S2/c1-3-13-5-8(11-6-13)17(14,15)12-9-10-4-7(2)16-9/h4-6H,3H2,1-2H3,(H,10,12). The van der Waals surface area contributed by atoms with Gasteiger partial charge in [-0.2, -0.15) is 8.42 Å². The van der Waals surface area contributed by atoms with Gasteiger partial charge in [0.25, 0.3) is 10.0 Å². The molecule has 0 radical (unpaired) electrons. The molecule has 2 heterocycles. The highest BCUT2D eigenvalue weighted by atomic mass is 32.2. The first-order valence-electron chi connectivity index (χ1n) is 4.98. The van der Waals surface area contributed by atoms with Crippen molar-refractivity contribution in [3.8, 4) is 0 Å². The predicted octanol–water partition coefficient (Wildman–Crippen LogP) is 1.47. The van der Waals surface area contributed by atoms with Gasteiger partial charge < -0.3 is 4.57 Å². The van der Waals surface area contributed by atoms with Crippen LogP contribution in [0.15, 0.2) is 23.7 Å². The maximum atomic E-state index is 11.9. The fourth-order valence-corrected chi connectivity index (χ4v) is 3.08. The number of aromatic nitrogens is 3. The third-order valence-corrected chi connectivity index (χ3v) is 4.27. The monoisotopic (exact) mass is 272 g/mol. The lowest BCUT2D eigenvalue weighted by Crippen LogP contribution is -2.13. The molecule has 6 nitrogen and oxygen atoms in total. The quantitative estimate of drug-likeness (QED) is 0.914. The Bertz CT molecular complexity index is 614. The molecule has 0 spiro atoms. The first kappa shape index (κ1) is 12.1. The van der Waals surface area contributed by atoms with E-state index in [1.807, 2.05) is 13.8 Å². The number of imidazole rings is 1. The van der Waals surface area contributed by atoms with Crippen LogP contribution in [-0.2, 0) is 16.6 Å². The highest BCUT2D eigenvalue weighted by Gasteiger charge is 2.18. The third-order valence-electron chi connectivity index (χ3n) is 2.09.